The van der Waals surface area contributed by atoms with Gasteiger partial charge in [0.2, 0.25) is 10.0 Å². The molecule has 2 fully saturated rings. The van der Waals surface area contributed by atoms with Crippen molar-refractivity contribution in [3.63, 3.8) is 0 Å². The van der Waals surface area contributed by atoms with Crippen molar-refractivity contribution in [3.8, 4) is 0 Å². The van der Waals surface area contributed by atoms with Gasteiger partial charge in [0.15, 0.2) is 0 Å². The minimum Gasteiger partial charge on any atom is -0.481 e. The van der Waals surface area contributed by atoms with Gasteiger partial charge >= 0.3 is 5.97 Å². The zero-order valence-corrected chi connectivity index (χ0v) is 15.4. The second-order valence-electron chi connectivity index (χ2n) is 7.58. The average molecular weight is 378 g/mol. The van der Waals surface area contributed by atoms with Gasteiger partial charge in [-0.15, -0.1) is 0 Å². The lowest BCUT2D eigenvalue weighted by Crippen LogP contribution is -2.30. The van der Waals surface area contributed by atoms with Crippen LogP contribution in [-0.2, 0) is 21.2 Å². The summed E-state index contributed by atoms with van der Waals surface area (Å²) in [6, 6.07) is 5.08. The first-order valence-electron chi connectivity index (χ1n) is 8.88. The number of carbonyl (C=O) groups is 2. The smallest absolute Gasteiger partial charge is 0.308 e. The van der Waals surface area contributed by atoms with Gasteiger partial charge in [0, 0.05) is 25.2 Å². The summed E-state index contributed by atoms with van der Waals surface area (Å²) in [5.74, 6) is -1.000. The molecule has 8 heteroatoms. The zero-order valence-electron chi connectivity index (χ0n) is 14.6. The van der Waals surface area contributed by atoms with E-state index < -0.39 is 21.9 Å². The van der Waals surface area contributed by atoms with Crippen molar-refractivity contribution in [2.45, 2.75) is 19.3 Å². The number of sulfonamides is 1. The number of carboxylic acids is 1. The average Bonchev–Trinajstić information content (AvgIpc) is 3.17. The lowest BCUT2D eigenvalue weighted by Gasteiger charge is -2.18. The topological polar surface area (TPSA) is 95.0 Å². The molecule has 0 radical (unpaired) electrons. The Morgan fingerprint density at radius 2 is 1.92 bits per heavy atom. The first-order valence-corrected chi connectivity index (χ1v) is 10.7. The van der Waals surface area contributed by atoms with E-state index in [4.69, 9.17) is 0 Å². The predicted molar refractivity (Wildman–Crippen MR) is 95.6 cm³/mol. The van der Waals surface area contributed by atoms with Crippen molar-refractivity contribution in [2.24, 2.45) is 17.8 Å². The normalized spacial score (nSPS) is 25.4. The fourth-order valence-corrected chi connectivity index (χ4v) is 5.25. The van der Waals surface area contributed by atoms with E-state index >= 15 is 0 Å². The van der Waals surface area contributed by atoms with Gasteiger partial charge in [-0.1, -0.05) is 0 Å². The Hall–Kier alpha value is -2.09. The molecule has 1 saturated carbocycles. The Kier molecular flexibility index (Phi) is 3.98. The first kappa shape index (κ1) is 17.3. The Bertz CT molecular complexity index is 878. The molecule has 0 spiro atoms. The fraction of sp³-hybridized carbons (Fsp3) is 0.556. The van der Waals surface area contributed by atoms with Crippen LogP contribution in [0.2, 0.25) is 0 Å². The minimum absolute atomic E-state index is 0.0478. The van der Waals surface area contributed by atoms with E-state index in [1.807, 2.05) is 0 Å². The van der Waals surface area contributed by atoms with E-state index in [1.54, 1.807) is 23.1 Å². The van der Waals surface area contributed by atoms with Gasteiger partial charge in [0.05, 0.1) is 17.9 Å². The third-order valence-electron chi connectivity index (χ3n) is 5.78. The molecule has 0 aromatic heterocycles. The highest BCUT2D eigenvalue weighted by molar-refractivity contribution is 7.92. The number of likely N-dealkylation sites (tertiary alicyclic amines) is 1. The molecular formula is C18H22N2O5S. The van der Waals surface area contributed by atoms with Crippen LogP contribution in [0.3, 0.4) is 0 Å². The molecule has 2 heterocycles. The van der Waals surface area contributed by atoms with Crippen LogP contribution < -0.4 is 4.31 Å². The highest BCUT2D eigenvalue weighted by Crippen LogP contribution is 2.44. The molecule has 7 nitrogen and oxygen atoms in total. The van der Waals surface area contributed by atoms with Crippen LogP contribution in [0.15, 0.2) is 18.2 Å². The fourth-order valence-electron chi connectivity index (χ4n) is 4.29. The van der Waals surface area contributed by atoms with Crippen LogP contribution in [0, 0.1) is 17.8 Å². The number of hydrogen-bond donors (Lipinski definition) is 1. The van der Waals surface area contributed by atoms with E-state index in [2.05, 4.69) is 0 Å². The lowest BCUT2D eigenvalue weighted by molar-refractivity contribution is -0.142. The van der Waals surface area contributed by atoms with Crippen LogP contribution >= 0.6 is 0 Å². The third-order valence-corrected chi connectivity index (χ3v) is 6.96. The minimum atomic E-state index is -3.32. The number of carboxylic acid groups (broad SMARTS) is 1. The maximum Gasteiger partial charge on any atom is 0.308 e. The van der Waals surface area contributed by atoms with Crippen molar-refractivity contribution >= 4 is 27.6 Å². The molecule has 0 bridgehead atoms. The molecule has 140 valence electrons. The van der Waals surface area contributed by atoms with Crippen molar-refractivity contribution in [3.05, 3.63) is 29.3 Å². The van der Waals surface area contributed by atoms with Gasteiger partial charge in [-0.2, -0.15) is 0 Å². The van der Waals surface area contributed by atoms with E-state index in [-0.39, 0.29) is 18.4 Å². The molecule has 26 heavy (non-hydrogen) atoms. The molecule has 2 aliphatic heterocycles. The second kappa shape index (κ2) is 5.97. The number of anilines is 1. The Morgan fingerprint density at radius 1 is 1.19 bits per heavy atom. The van der Waals surface area contributed by atoms with Crippen molar-refractivity contribution < 1.29 is 23.1 Å². The van der Waals surface area contributed by atoms with Crippen molar-refractivity contribution in [1.29, 1.82) is 0 Å². The highest BCUT2D eigenvalue weighted by Gasteiger charge is 2.47. The number of hydrogen-bond acceptors (Lipinski definition) is 4. The molecule has 1 aromatic carbocycles. The van der Waals surface area contributed by atoms with Crippen LogP contribution in [0.1, 0.15) is 28.8 Å². The predicted octanol–water partition coefficient (Wildman–Crippen LogP) is 1.19. The molecule has 1 amide bonds. The maximum absolute atomic E-state index is 12.9. The van der Waals surface area contributed by atoms with Gasteiger partial charge in [-0.05, 0) is 54.9 Å². The first-order chi connectivity index (χ1) is 12.3. The lowest BCUT2D eigenvalue weighted by atomic mass is 9.92. The van der Waals surface area contributed by atoms with E-state index in [9.17, 15) is 23.1 Å². The Labute approximate surface area is 152 Å². The molecule has 1 aliphatic carbocycles. The number of amides is 1. The van der Waals surface area contributed by atoms with Gasteiger partial charge in [-0.25, -0.2) is 8.42 Å². The number of rotatable bonds is 4. The monoisotopic (exact) mass is 378 g/mol. The summed E-state index contributed by atoms with van der Waals surface area (Å²) < 4.78 is 25.0. The van der Waals surface area contributed by atoms with Crippen LogP contribution in [-0.4, -0.2) is 56.2 Å². The summed E-state index contributed by atoms with van der Waals surface area (Å²) in [4.78, 5) is 26.1. The summed E-state index contributed by atoms with van der Waals surface area (Å²) in [6.45, 7) is 1.13. The summed E-state index contributed by atoms with van der Waals surface area (Å²) >= 11 is 0. The summed E-state index contributed by atoms with van der Waals surface area (Å²) in [6.07, 6.45) is 3.86. The Morgan fingerprint density at radius 3 is 2.54 bits per heavy atom. The molecule has 1 aromatic rings. The standard InChI is InChI=1S/C18H22N2O5S/c1-26(24,25)20-7-6-12-8-13(4-5-16(12)20)17(21)19-9-14(11-2-3-11)15(10-19)18(22)23/h4-5,8,11,14-15H,2-3,6-7,9-10H2,1H3,(H,22,23)/t14-,15+/m1/s1. The van der Waals surface area contributed by atoms with Crippen LogP contribution in [0.25, 0.3) is 0 Å². The molecule has 3 aliphatic rings. The highest BCUT2D eigenvalue weighted by atomic mass is 32.2. The molecular weight excluding hydrogens is 356 g/mol. The zero-order chi connectivity index (χ0) is 18.6. The molecule has 0 unspecified atom stereocenters. The summed E-state index contributed by atoms with van der Waals surface area (Å²) in [5.41, 5.74) is 1.97. The van der Waals surface area contributed by atoms with E-state index in [0.29, 0.717) is 36.7 Å². The van der Waals surface area contributed by atoms with E-state index in [0.717, 1.165) is 18.4 Å². The summed E-state index contributed by atoms with van der Waals surface area (Å²) in [5, 5.41) is 9.46. The van der Waals surface area contributed by atoms with Crippen LogP contribution in [0.4, 0.5) is 5.69 Å². The van der Waals surface area contributed by atoms with Crippen LogP contribution in [0.5, 0.6) is 0 Å². The molecule has 2 atom stereocenters. The SMILES string of the molecule is CS(=O)(=O)N1CCc2cc(C(=O)N3C[C@H](C(=O)O)[C@@H](C4CC4)C3)ccc21. The molecule has 1 saturated heterocycles. The van der Waals surface area contributed by atoms with Gasteiger partial charge in [-0.3, -0.25) is 13.9 Å². The van der Waals surface area contributed by atoms with Crippen molar-refractivity contribution in [2.75, 3.05) is 30.2 Å². The summed E-state index contributed by atoms with van der Waals surface area (Å²) in [7, 11) is -3.32. The maximum atomic E-state index is 12.9. The third kappa shape index (κ3) is 2.96. The van der Waals surface area contributed by atoms with E-state index in [1.165, 1.54) is 10.6 Å². The Balaban J connectivity index is 1.55. The number of aliphatic carboxylic acids is 1. The second-order valence-corrected chi connectivity index (χ2v) is 9.49. The largest absolute Gasteiger partial charge is 0.481 e. The molecule has 1 N–H and O–H groups in total. The number of benzene rings is 1. The number of nitrogens with zero attached hydrogens (tertiary/aromatic N) is 2. The van der Waals surface area contributed by atoms with Crippen molar-refractivity contribution in [1.82, 2.24) is 4.90 Å². The number of fused-ring (bicyclic) bond motifs is 1. The van der Waals surface area contributed by atoms with Gasteiger partial charge in [0.25, 0.3) is 5.91 Å². The number of carbonyl (C=O) groups excluding carboxylic acids is 1. The molecule has 4 rings (SSSR count). The quantitative estimate of drug-likeness (QED) is 0.849. The van der Waals surface area contributed by atoms with Gasteiger partial charge in [0.1, 0.15) is 0 Å². The van der Waals surface area contributed by atoms with Gasteiger partial charge < -0.3 is 10.0 Å².